The van der Waals surface area contributed by atoms with E-state index in [9.17, 15) is 14.0 Å². The Hall–Kier alpha value is -2.95. The van der Waals surface area contributed by atoms with Gasteiger partial charge in [0.05, 0.1) is 23.7 Å². The van der Waals surface area contributed by atoms with Crippen LogP contribution in [0.15, 0.2) is 42.5 Å². The number of amides is 1. The first kappa shape index (κ1) is 22.3. The second kappa shape index (κ2) is 11.1. The molecule has 0 aliphatic rings. The number of nitrogens with zero attached hydrogens (tertiary/aromatic N) is 2. The molecule has 0 unspecified atom stereocenters. The first-order valence-corrected chi connectivity index (χ1v) is 9.41. The van der Waals surface area contributed by atoms with Crippen LogP contribution >= 0.6 is 11.6 Å². The quantitative estimate of drug-likeness (QED) is 0.628. The molecule has 152 valence electrons. The number of hydrogen-bond acceptors (Lipinski definition) is 5. The zero-order chi connectivity index (χ0) is 21.2. The van der Waals surface area contributed by atoms with E-state index in [1.807, 2.05) is 6.07 Å². The van der Waals surface area contributed by atoms with E-state index in [2.05, 4.69) is 5.32 Å². The van der Waals surface area contributed by atoms with Gasteiger partial charge in [-0.1, -0.05) is 23.7 Å². The van der Waals surface area contributed by atoms with Gasteiger partial charge >= 0.3 is 5.97 Å². The van der Waals surface area contributed by atoms with Crippen LogP contribution in [0.5, 0.6) is 0 Å². The molecule has 0 aliphatic heterocycles. The van der Waals surface area contributed by atoms with Gasteiger partial charge in [0, 0.05) is 25.2 Å². The maximum absolute atomic E-state index is 13.1. The average molecular weight is 418 g/mol. The van der Waals surface area contributed by atoms with Crippen LogP contribution in [-0.4, -0.2) is 36.5 Å². The van der Waals surface area contributed by atoms with E-state index in [0.29, 0.717) is 24.3 Å². The Morgan fingerprint density at radius 2 is 1.97 bits per heavy atom. The summed E-state index contributed by atoms with van der Waals surface area (Å²) < 4.78 is 18.1. The van der Waals surface area contributed by atoms with Gasteiger partial charge in [-0.05, 0) is 42.8 Å². The lowest BCUT2D eigenvalue weighted by molar-refractivity contribution is -0.144. The van der Waals surface area contributed by atoms with Gasteiger partial charge in [0.15, 0.2) is 0 Å². The number of esters is 1. The third-order valence-corrected chi connectivity index (χ3v) is 4.32. The summed E-state index contributed by atoms with van der Waals surface area (Å²) in [5.41, 5.74) is 1.62. The number of benzene rings is 2. The molecule has 0 spiro atoms. The minimum atomic E-state index is -0.395. The van der Waals surface area contributed by atoms with Crippen LogP contribution in [0, 0.1) is 17.1 Å². The molecule has 0 atom stereocenters. The highest BCUT2D eigenvalue weighted by molar-refractivity contribution is 6.32. The van der Waals surface area contributed by atoms with Crippen molar-refractivity contribution < 1.29 is 18.7 Å². The lowest BCUT2D eigenvalue weighted by atomic mass is 10.2. The maximum Gasteiger partial charge on any atom is 0.320 e. The highest BCUT2D eigenvalue weighted by Crippen LogP contribution is 2.20. The molecule has 0 saturated carbocycles. The van der Waals surface area contributed by atoms with E-state index >= 15 is 0 Å². The molecule has 2 aromatic rings. The van der Waals surface area contributed by atoms with Crippen molar-refractivity contribution in [3.05, 3.63) is 64.4 Å². The van der Waals surface area contributed by atoms with E-state index in [1.165, 1.54) is 24.3 Å². The van der Waals surface area contributed by atoms with E-state index in [1.54, 1.807) is 30.0 Å². The Bertz CT molecular complexity index is 897. The molecule has 0 radical (unpaired) electrons. The fourth-order valence-corrected chi connectivity index (χ4v) is 2.84. The number of hydrogen-bond donors (Lipinski definition) is 1. The van der Waals surface area contributed by atoms with Gasteiger partial charge in [0.2, 0.25) is 5.91 Å². The molecule has 1 amide bonds. The second-order valence-corrected chi connectivity index (χ2v) is 6.65. The first-order valence-electron chi connectivity index (χ1n) is 9.03. The summed E-state index contributed by atoms with van der Waals surface area (Å²) in [4.78, 5) is 25.9. The Labute approximate surface area is 173 Å². The Kier molecular flexibility index (Phi) is 8.59. The van der Waals surface area contributed by atoms with Gasteiger partial charge in [0.25, 0.3) is 0 Å². The van der Waals surface area contributed by atoms with Crippen LogP contribution in [0.25, 0.3) is 0 Å². The van der Waals surface area contributed by atoms with Gasteiger partial charge < -0.3 is 10.1 Å². The third-order valence-electron chi connectivity index (χ3n) is 4.01. The van der Waals surface area contributed by atoms with Crippen LogP contribution in [0.4, 0.5) is 10.1 Å². The molecule has 2 rings (SSSR count). The van der Waals surface area contributed by atoms with Crippen molar-refractivity contribution in [2.45, 2.75) is 19.9 Å². The summed E-state index contributed by atoms with van der Waals surface area (Å²) >= 11 is 5.97. The zero-order valence-corrected chi connectivity index (χ0v) is 16.7. The summed E-state index contributed by atoms with van der Waals surface area (Å²) in [6.07, 6.45) is 0.123. The lowest BCUT2D eigenvalue weighted by Crippen LogP contribution is -2.33. The number of carbonyl (C=O) groups is 2. The highest BCUT2D eigenvalue weighted by atomic mass is 35.5. The lowest BCUT2D eigenvalue weighted by Gasteiger charge is -2.21. The number of ether oxygens (including phenoxy) is 1. The predicted molar refractivity (Wildman–Crippen MR) is 108 cm³/mol. The van der Waals surface area contributed by atoms with Gasteiger partial charge in [-0.3, -0.25) is 14.5 Å². The van der Waals surface area contributed by atoms with Crippen molar-refractivity contribution in [2.24, 2.45) is 0 Å². The Morgan fingerprint density at radius 1 is 1.24 bits per heavy atom. The number of halogens is 2. The van der Waals surface area contributed by atoms with E-state index in [0.717, 1.165) is 5.56 Å². The molecule has 0 aromatic heterocycles. The van der Waals surface area contributed by atoms with E-state index in [-0.39, 0.29) is 36.3 Å². The fraction of sp³-hybridized carbons (Fsp3) is 0.286. The molecule has 0 heterocycles. The van der Waals surface area contributed by atoms with Gasteiger partial charge in [-0.25, -0.2) is 4.39 Å². The molecule has 1 N–H and O–H groups in total. The number of nitrogens with one attached hydrogen (secondary N) is 1. The number of rotatable bonds is 9. The van der Waals surface area contributed by atoms with Crippen LogP contribution in [-0.2, 0) is 20.9 Å². The molecule has 0 saturated heterocycles. The van der Waals surface area contributed by atoms with Crippen molar-refractivity contribution in [3.63, 3.8) is 0 Å². The fourth-order valence-electron chi connectivity index (χ4n) is 2.62. The van der Waals surface area contributed by atoms with Crippen molar-refractivity contribution in [3.8, 4) is 6.07 Å². The largest absolute Gasteiger partial charge is 0.465 e. The topological polar surface area (TPSA) is 82.4 Å². The van der Waals surface area contributed by atoms with Crippen LogP contribution < -0.4 is 5.32 Å². The summed E-state index contributed by atoms with van der Waals surface area (Å²) in [7, 11) is 0. The summed E-state index contributed by atoms with van der Waals surface area (Å²) in [6.45, 7) is 2.67. The van der Waals surface area contributed by atoms with Crippen molar-refractivity contribution in [1.29, 1.82) is 5.26 Å². The molecular weight excluding hydrogens is 397 g/mol. The SMILES string of the molecule is CCOC(=O)CN(CCC(=O)Nc1ccc(C#N)c(Cl)c1)Cc1ccc(F)cc1. The highest BCUT2D eigenvalue weighted by Gasteiger charge is 2.15. The number of nitriles is 1. The van der Waals surface area contributed by atoms with Crippen molar-refractivity contribution in [2.75, 3.05) is 25.0 Å². The monoisotopic (exact) mass is 417 g/mol. The third kappa shape index (κ3) is 7.53. The predicted octanol–water partition coefficient (Wildman–Crippen LogP) is 3.74. The normalized spacial score (nSPS) is 10.4. The molecule has 0 fully saturated rings. The smallest absolute Gasteiger partial charge is 0.320 e. The molecule has 2 aromatic carbocycles. The van der Waals surface area contributed by atoms with Crippen molar-refractivity contribution >= 4 is 29.2 Å². The van der Waals surface area contributed by atoms with E-state index in [4.69, 9.17) is 21.6 Å². The van der Waals surface area contributed by atoms with Gasteiger partial charge in [-0.15, -0.1) is 0 Å². The molecule has 29 heavy (non-hydrogen) atoms. The minimum absolute atomic E-state index is 0.0151. The zero-order valence-electron chi connectivity index (χ0n) is 16.0. The average Bonchev–Trinajstić information content (AvgIpc) is 2.68. The maximum atomic E-state index is 13.1. The van der Waals surface area contributed by atoms with Crippen LogP contribution in [0.1, 0.15) is 24.5 Å². The second-order valence-electron chi connectivity index (χ2n) is 6.25. The Balaban J connectivity index is 1.97. The summed E-state index contributed by atoms with van der Waals surface area (Å²) in [5.74, 6) is -1.00. The molecule has 0 bridgehead atoms. The van der Waals surface area contributed by atoms with Crippen LogP contribution in [0.2, 0.25) is 5.02 Å². The van der Waals surface area contributed by atoms with Gasteiger partial charge in [-0.2, -0.15) is 5.26 Å². The standard InChI is InChI=1S/C21H21ClFN3O3/c1-2-29-21(28)14-26(13-15-3-6-17(23)7-4-15)10-9-20(27)25-18-8-5-16(12-24)19(22)11-18/h3-8,11H,2,9-10,13-14H2,1H3,(H,25,27). The molecular formula is C21H21ClFN3O3. The molecule has 0 aliphatic carbocycles. The Morgan fingerprint density at radius 3 is 2.59 bits per heavy atom. The summed E-state index contributed by atoms with van der Waals surface area (Å²) in [5, 5.41) is 11.9. The van der Waals surface area contributed by atoms with Crippen molar-refractivity contribution in [1.82, 2.24) is 4.90 Å². The first-order chi connectivity index (χ1) is 13.9. The minimum Gasteiger partial charge on any atom is -0.465 e. The van der Waals surface area contributed by atoms with Crippen LogP contribution in [0.3, 0.4) is 0 Å². The molecule has 8 heteroatoms. The number of carbonyl (C=O) groups excluding carboxylic acids is 2. The number of anilines is 1. The molecule has 6 nitrogen and oxygen atoms in total. The van der Waals surface area contributed by atoms with Gasteiger partial charge in [0.1, 0.15) is 11.9 Å². The van der Waals surface area contributed by atoms with E-state index < -0.39 is 5.97 Å². The summed E-state index contributed by atoms with van der Waals surface area (Å²) in [6, 6.07) is 12.5.